The zero-order valence-electron chi connectivity index (χ0n) is 12.1. The van der Waals surface area contributed by atoms with Crippen molar-refractivity contribution in [2.75, 3.05) is 18.8 Å². The van der Waals surface area contributed by atoms with Crippen molar-refractivity contribution in [2.24, 2.45) is 5.92 Å². The second-order valence-corrected chi connectivity index (χ2v) is 6.48. The van der Waals surface area contributed by atoms with Crippen LogP contribution in [0.3, 0.4) is 0 Å². The van der Waals surface area contributed by atoms with Crippen molar-refractivity contribution in [2.45, 2.75) is 31.6 Å². The number of carbonyl (C=O) groups excluding carboxylic acids is 2. The Morgan fingerprint density at radius 3 is 2.35 bits per heavy atom. The lowest BCUT2D eigenvalue weighted by Gasteiger charge is -2.30. The lowest BCUT2D eigenvalue weighted by molar-refractivity contribution is -0.129. The number of hydrogen-bond donors (Lipinski definition) is 0. The molecule has 20 heavy (non-hydrogen) atoms. The minimum atomic E-state index is 0.0695. The molecule has 0 aromatic heterocycles. The van der Waals surface area contributed by atoms with Crippen LogP contribution in [0.4, 0.5) is 0 Å². The van der Waals surface area contributed by atoms with Gasteiger partial charge in [-0.05, 0) is 37.8 Å². The molecule has 108 valence electrons. The highest BCUT2D eigenvalue weighted by atomic mass is 32.2. The van der Waals surface area contributed by atoms with E-state index in [1.165, 1.54) is 0 Å². The maximum atomic E-state index is 12.1. The Morgan fingerprint density at radius 1 is 1.20 bits per heavy atom. The molecule has 0 aliphatic carbocycles. The third-order valence-electron chi connectivity index (χ3n) is 3.76. The van der Waals surface area contributed by atoms with Crippen LogP contribution in [0.1, 0.15) is 37.0 Å². The van der Waals surface area contributed by atoms with Gasteiger partial charge in [0.15, 0.2) is 5.78 Å². The Hall–Kier alpha value is -1.29. The van der Waals surface area contributed by atoms with Gasteiger partial charge in [0.05, 0.1) is 5.75 Å². The Kier molecular flexibility index (Phi) is 5.24. The average molecular weight is 291 g/mol. The van der Waals surface area contributed by atoms with Gasteiger partial charge in [0, 0.05) is 23.5 Å². The predicted molar refractivity (Wildman–Crippen MR) is 82.1 cm³/mol. The quantitative estimate of drug-likeness (QED) is 0.631. The molecule has 3 nitrogen and oxygen atoms in total. The van der Waals surface area contributed by atoms with Crippen LogP contribution in [0.5, 0.6) is 0 Å². The third kappa shape index (κ3) is 4.10. The van der Waals surface area contributed by atoms with E-state index in [9.17, 15) is 9.59 Å². The van der Waals surface area contributed by atoms with Gasteiger partial charge in [-0.2, -0.15) is 0 Å². The summed E-state index contributed by atoms with van der Waals surface area (Å²) in [5.41, 5.74) is 0.714. The summed E-state index contributed by atoms with van der Waals surface area (Å²) in [4.78, 5) is 26.3. The first kappa shape index (κ1) is 15.1. The van der Waals surface area contributed by atoms with E-state index in [1.54, 1.807) is 18.7 Å². The molecule has 0 saturated carbocycles. The van der Waals surface area contributed by atoms with E-state index in [0.29, 0.717) is 11.3 Å². The minimum absolute atomic E-state index is 0.0695. The maximum absolute atomic E-state index is 12.1. The standard InChI is InChI=1S/C16H21NO2S/c1-12-7-9-17(10-8-12)16(19)11-20-15-5-3-14(4-6-15)13(2)18/h3-6,12H,7-11H2,1-2H3. The summed E-state index contributed by atoms with van der Waals surface area (Å²) >= 11 is 1.54. The van der Waals surface area contributed by atoms with Crippen molar-refractivity contribution in [3.63, 3.8) is 0 Å². The van der Waals surface area contributed by atoms with Gasteiger partial charge in [0.1, 0.15) is 0 Å². The monoisotopic (exact) mass is 291 g/mol. The Morgan fingerprint density at radius 2 is 1.80 bits per heavy atom. The molecule has 1 aliphatic rings. The van der Waals surface area contributed by atoms with Gasteiger partial charge in [0.25, 0.3) is 0 Å². The first-order valence-electron chi connectivity index (χ1n) is 7.08. The van der Waals surface area contributed by atoms with Crippen molar-refractivity contribution < 1.29 is 9.59 Å². The molecule has 0 radical (unpaired) electrons. The van der Waals surface area contributed by atoms with Crippen LogP contribution >= 0.6 is 11.8 Å². The second kappa shape index (κ2) is 6.93. The minimum Gasteiger partial charge on any atom is -0.342 e. The smallest absolute Gasteiger partial charge is 0.232 e. The molecular formula is C16H21NO2S. The number of amides is 1. The maximum Gasteiger partial charge on any atom is 0.232 e. The average Bonchev–Trinajstić information content (AvgIpc) is 2.46. The SMILES string of the molecule is CC(=O)c1ccc(SCC(=O)N2CCC(C)CC2)cc1. The van der Waals surface area contributed by atoms with E-state index in [-0.39, 0.29) is 11.7 Å². The number of ketones is 1. The van der Waals surface area contributed by atoms with E-state index >= 15 is 0 Å². The highest BCUT2D eigenvalue weighted by molar-refractivity contribution is 8.00. The summed E-state index contributed by atoms with van der Waals surface area (Å²) < 4.78 is 0. The van der Waals surface area contributed by atoms with Gasteiger partial charge < -0.3 is 4.90 Å². The summed E-state index contributed by atoms with van der Waals surface area (Å²) in [5, 5.41) is 0. The Balaban J connectivity index is 1.82. The molecule has 1 fully saturated rings. The highest BCUT2D eigenvalue weighted by Crippen LogP contribution is 2.21. The van der Waals surface area contributed by atoms with Crippen LogP contribution in [-0.4, -0.2) is 35.4 Å². The highest BCUT2D eigenvalue weighted by Gasteiger charge is 2.19. The summed E-state index contributed by atoms with van der Waals surface area (Å²) in [5.74, 6) is 1.51. The second-order valence-electron chi connectivity index (χ2n) is 5.43. The summed E-state index contributed by atoms with van der Waals surface area (Å²) in [6.07, 6.45) is 2.23. The lowest BCUT2D eigenvalue weighted by Crippen LogP contribution is -2.38. The number of carbonyl (C=O) groups is 2. The fourth-order valence-electron chi connectivity index (χ4n) is 2.28. The topological polar surface area (TPSA) is 37.4 Å². The van der Waals surface area contributed by atoms with E-state index in [1.807, 2.05) is 29.2 Å². The Bertz CT molecular complexity index is 476. The van der Waals surface area contributed by atoms with Gasteiger partial charge >= 0.3 is 0 Å². The van der Waals surface area contributed by atoms with Crippen molar-refractivity contribution in [3.8, 4) is 0 Å². The molecule has 0 N–H and O–H groups in total. The molecule has 4 heteroatoms. The predicted octanol–water partition coefficient (Wildman–Crippen LogP) is 3.24. The normalized spacial score (nSPS) is 16.2. The van der Waals surface area contributed by atoms with Crippen LogP contribution in [0, 0.1) is 5.92 Å². The summed E-state index contributed by atoms with van der Waals surface area (Å²) in [7, 11) is 0. The molecule has 0 atom stereocenters. The van der Waals surface area contributed by atoms with Gasteiger partial charge in [-0.3, -0.25) is 9.59 Å². The molecule has 0 spiro atoms. The molecule has 1 aliphatic heterocycles. The third-order valence-corrected chi connectivity index (χ3v) is 4.76. The number of Topliss-reactive ketones (excluding diaryl/α,β-unsaturated/α-hetero) is 1. The number of rotatable bonds is 4. The molecule has 1 amide bonds. The van der Waals surface area contributed by atoms with Crippen LogP contribution in [0.15, 0.2) is 29.2 Å². The Labute approximate surface area is 124 Å². The molecule has 0 bridgehead atoms. The first-order chi connectivity index (χ1) is 9.56. The van der Waals surface area contributed by atoms with Gasteiger partial charge in [-0.1, -0.05) is 19.1 Å². The molecule has 1 saturated heterocycles. The van der Waals surface area contributed by atoms with Crippen LogP contribution in [0.25, 0.3) is 0 Å². The zero-order chi connectivity index (χ0) is 14.5. The van der Waals surface area contributed by atoms with Crippen LogP contribution in [-0.2, 0) is 4.79 Å². The molecule has 1 aromatic rings. The number of hydrogen-bond acceptors (Lipinski definition) is 3. The number of benzene rings is 1. The van der Waals surface area contributed by atoms with Gasteiger partial charge in [-0.15, -0.1) is 11.8 Å². The largest absolute Gasteiger partial charge is 0.342 e. The van der Waals surface area contributed by atoms with Crippen molar-refractivity contribution in [3.05, 3.63) is 29.8 Å². The van der Waals surface area contributed by atoms with Crippen molar-refractivity contribution in [1.82, 2.24) is 4.90 Å². The lowest BCUT2D eigenvalue weighted by atomic mass is 9.99. The fourth-order valence-corrected chi connectivity index (χ4v) is 3.08. The first-order valence-corrected chi connectivity index (χ1v) is 8.06. The summed E-state index contributed by atoms with van der Waals surface area (Å²) in [6.45, 7) is 5.59. The molecule has 0 unspecified atom stereocenters. The molecule has 2 rings (SSSR count). The number of piperidine rings is 1. The zero-order valence-corrected chi connectivity index (χ0v) is 12.9. The molecule has 1 heterocycles. The number of thioether (sulfide) groups is 1. The van der Waals surface area contributed by atoms with E-state index in [4.69, 9.17) is 0 Å². The van der Waals surface area contributed by atoms with Crippen molar-refractivity contribution in [1.29, 1.82) is 0 Å². The van der Waals surface area contributed by atoms with E-state index < -0.39 is 0 Å². The fraction of sp³-hybridized carbons (Fsp3) is 0.500. The van der Waals surface area contributed by atoms with E-state index in [0.717, 1.165) is 36.7 Å². The number of nitrogens with zero attached hydrogens (tertiary/aromatic N) is 1. The van der Waals surface area contributed by atoms with E-state index in [2.05, 4.69) is 6.92 Å². The molecular weight excluding hydrogens is 270 g/mol. The van der Waals surface area contributed by atoms with Crippen molar-refractivity contribution >= 4 is 23.5 Å². The van der Waals surface area contributed by atoms with Crippen LogP contribution < -0.4 is 0 Å². The molecule has 1 aromatic carbocycles. The van der Waals surface area contributed by atoms with Gasteiger partial charge in [-0.25, -0.2) is 0 Å². The van der Waals surface area contributed by atoms with Gasteiger partial charge in [0.2, 0.25) is 5.91 Å². The number of likely N-dealkylation sites (tertiary alicyclic amines) is 1. The van der Waals surface area contributed by atoms with Crippen LogP contribution in [0.2, 0.25) is 0 Å². The summed E-state index contributed by atoms with van der Waals surface area (Å²) in [6, 6.07) is 7.45.